The van der Waals surface area contributed by atoms with E-state index in [9.17, 15) is 4.79 Å². The molecule has 116 valence electrons. The highest BCUT2D eigenvalue weighted by molar-refractivity contribution is 6.35. The Hall–Kier alpha value is -0.480. The Morgan fingerprint density at radius 2 is 2.05 bits per heavy atom. The fourth-order valence-electron chi connectivity index (χ4n) is 2.94. The summed E-state index contributed by atoms with van der Waals surface area (Å²) in [5, 5.41) is 7.57. The normalized spacial score (nSPS) is 19.9. The van der Waals surface area contributed by atoms with E-state index in [0.29, 0.717) is 16.6 Å². The summed E-state index contributed by atoms with van der Waals surface area (Å²) in [5.41, 5.74) is 1.11. The summed E-state index contributed by atoms with van der Waals surface area (Å²) in [6, 6.07) is 5.66. The molecule has 0 atom stereocenters. The van der Waals surface area contributed by atoms with Gasteiger partial charge in [0.25, 0.3) is 0 Å². The zero-order valence-electron chi connectivity index (χ0n) is 11.6. The molecular formula is C15H19Cl3N2O. The molecule has 0 spiro atoms. The van der Waals surface area contributed by atoms with Gasteiger partial charge in [0.15, 0.2) is 0 Å². The van der Waals surface area contributed by atoms with Crippen LogP contribution in [0.5, 0.6) is 0 Å². The van der Waals surface area contributed by atoms with Crippen molar-refractivity contribution in [3.05, 3.63) is 33.8 Å². The van der Waals surface area contributed by atoms with Crippen LogP contribution in [0.25, 0.3) is 0 Å². The van der Waals surface area contributed by atoms with Crippen molar-refractivity contribution in [3.63, 3.8) is 0 Å². The van der Waals surface area contributed by atoms with Crippen LogP contribution in [-0.2, 0) is 10.2 Å². The Labute approximate surface area is 141 Å². The zero-order chi connectivity index (χ0) is 14.2. The quantitative estimate of drug-likeness (QED) is 0.876. The summed E-state index contributed by atoms with van der Waals surface area (Å²) in [4.78, 5) is 12.0. The molecular weight excluding hydrogens is 331 g/mol. The number of carbonyl (C=O) groups excluding carboxylic acids is 1. The lowest BCUT2D eigenvalue weighted by atomic mass is 9.64. The Balaban J connectivity index is 0.00000161. The Kier molecular flexibility index (Phi) is 5.42. The predicted molar refractivity (Wildman–Crippen MR) is 88.6 cm³/mol. The number of carbonyl (C=O) groups is 1. The third kappa shape index (κ3) is 3.31. The Bertz CT molecular complexity index is 528. The highest BCUT2D eigenvalue weighted by atomic mass is 35.5. The van der Waals surface area contributed by atoms with E-state index in [-0.39, 0.29) is 29.6 Å². The van der Waals surface area contributed by atoms with Crippen LogP contribution < -0.4 is 10.6 Å². The molecule has 1 aliphatic heterocycles. The molecule has 1 saturated carbocycles. The molecule has 2 fully saturated rings. The molecule has 0 bridgehead atoms. The highest BCUT2D eigenvalue weighted by Crippen LogP contribution is 2.46. The van der Waals surface area contributed by atoms with Crippen LogP contribution in [0.4, 0.5) is 0 Å². The van der Waals surface area contributed by atoms with Gasteiger partial charge in [0, 0.05) is 35.1 Å². The van der Waals surface area contributed by atoms with Gasteiger partial charge >= 0.3 is 0 Å². The van der Waals surface area contributed by atoms with Gasteiger partial charge in [-0.15, -0.1) is 12.4 Å². The van der Waals surface area contributed by atoms with Crippen LogP contribution in [0.1, 0.15) is 24.8 Å². The summed E-state index contributed by atoms with van der Waals surface area (Å²) < 4.78 is 0. The molecule has 6 heteroatoms. The molecule has 2 aliphatic rings. The molecule has 3 nitrogen and oxygen atoms in total. The van der Waals surface area contributed by atoms with E-state index in [1.807, 2.05) is 12.1 Å². The molecule has 0 unspecified atom stereocenters. The maximum absolute atomic E-state index is 12.0. The molecule has 1 heterocycles. The van der Waals surface area contributed by atoms with E-state index >= 15 is 0 Å². The lowest BCUT2D eigenvalue weighted by molar-refractivity contribution is -0.126. The van der Waals surface area contributed by atoms with Crippen molar-refractivity contribution in [2.24, 2.45) is 5.92 Å². The van der Waals surface area contributed by atoms with E-state index < -0.39 is 0 Å². The molecule has 1 aromatic rings. The minimum atomic E-state index is -0.00545. The molecule has 2 N–H and O–H groups in total. The van der Waals surface area contributed by atoms with Gasteiger partial charge in [-0.25, -0.2) is 0 Å². The second-order valence-corrected chi connectivity index (χ2v) is 6.67. The first-order valence-corrected chi connectivity index (χ1v) is 7.80. The average molecular weight is 350 g/mol. The molecule has 0 aromatic heterocycles. The molecule has 1 aliphatic carbocycles. The second kappa shape index (κ2) is 6.74. The Morgan fingerprint density at radius 3 is 2.52 bits per heavy atom. The third-order valence-corrected chi connectivity index (χ3v) is 5.11. The SMILES string of the molecule is Cl.O=C(NCC1(c2ccc(Cl)cc2Cl)CCC1)C1CNC1. The average Bonchev–Trinajstić information content (AvgIpc) is 2.27. The third-order valence-electron chi connectivity index (χ3n) is 4.57. The molecule has 3 rings (SSSR count). The van der Waals surface area contributed by atoms with Crippen LogP contribution >= 0.6 is 35.6 Å². The van der Waals surface area contributed by atoms with Gasteiger partial charge in [-0.2, -0.15) is 0 Å². The monoisotopic (exact) mass is 348 g/mol. The van der Waals surface area contributed by atoms with Crippen LogP contribution in [0.15, 0.2) is 18.2 Å². The van der Waals surface area contributed by atoms with Crippen molar-refractivity contribution >= 4 is 41.5 Å². The van der Waals surface area contributed by atoms with E-state index in [1.165, 1.54) is 6.42 Å². The van der Waals surface area contributed by atoms with Crippen LogP contribution in [0.2, 0.25) is 10.0 Å². The fourth-order valence-corrected chi connectivity index (χ4v) is 3.55. The molecule has 1 saturated heterocycles. The second-order valence-electron chi connectivity index (χ2n) is 5.83. The maximum atomic E-state index is 12.0. The minimum Gasteiger partial charge on any atom is -0.355 e. The summed E-state index contributed by atoms with van der Waals surface area (Å²) in [5.74, 6) is 0.285. The zero-order valence-corrected chi connectivity index (χ0v) is 14.0. The van der Waals surface area contributed by atoms with Gasteiger partial charge in [-0.1, -0.05) is 35.7 Å². The number of halogens is 3. The topological polar surface area (TPSA) is 41.1 Å². The number of amides is 1. The molecule has 1 aromatic carbocycles. The first-order valence-electron chi connectivity index (χ1n) is 7.05. The smallest absolute Gasteiger partial charge is 0.225 e. The number of rotatable bonds is 4. The standard InChI is InChI=1S/C15H18Cl2N2O.ClH/c16-11-2-3-12(13(17)6-11)15(4-1-5-15)9-19-14(20)10-7-18-8-10;/h2-3,6,10,18H,1,4-5,7-9H2,(H,19,20);1H. The van der Waals surface area contributed by atoms with Crippen LogP contribution in [-0.4, -0.2) is 25.5 Å². The van der Waals surface area contributed by atoms with Crippen molar-refractivity contribution in [2.75, 3.05) is 19.6 Å². The lowest BCUT2D eigenvalue weighted by Gasteiger charge is -2.43. The molecule has 21 heavy (non-hydrogen) atoms. The van der Waals surface area contributed by atoms with Gasteiger partial charge < -0.3 is 10.6 Å². The van der Waals surface area contributed by atoms with E-state index in [4.69, 9.17) is 23.2 Å². The lowest BCUT2D eigenvalue weighted by Crippen LogP contribution is -2.54. The van der Waals surface area contributed by atoms with Gasteiger partial charge in [-0.05, 0) is 30.5 Å². The number of benzene rings is 1. The van der Waals surface area contributed by atoms with E-state index in [2.05, 4.69) is 10.6 Å². The summed E-state index contributed by atoms with van der Waals surface area (Å²) in [7, 11) is 0. The minimum absolute atomic E-state index is 0. The predicted octanol–water partition coefficient (Wildman–Crippen LogP) is 3.17. The number of hydrogen-bond acceptors (Lipinski definition) is 2. The van der Waals surface area contributed by atoms with Crippen LogP contribution in [0.3, 0.4) is 0 Å². The van der Waals surface area contributed by atoms with Gasteiger partial charge in [0.05, 0.1) is 5.92 Å². The first-order chi connectivity index (χ1) is 9.61. The first kappa shape index (κ1) is 16.9. The maximum Gasteiger partial charge on any atom is 0.225 e. The largest absolute Gasteiger partial charge is 0.355 e. The van der Waals surface area contributed by atoms with Crippen molar-refractivity contribution < 1.29 is 4.79 Å². The summed E-state index contributed by atoms with van der Waals surface area (Å²) >= 11 is 12.3. The van der Waals surface area contributed by atoms with Crippen molar-refractivity contribution in [3.8, 4) is 0 Å². The summed E-state index contributed by atoms with van der Waals surface area (Å²) in [6.07, 6.45) is 3.31. The van der Waals surface area contributed by atoms with Gasteiger partial charge in [0.2, 0.25) is 5.91 Å². The van der Waals surface area contributed by atoms with E-state index in [1.54, 1.807) is 6.07 Å². The molecule has 0 radical (unpaired) electrons. The summed E-state index contributed by atoms with van der Waals surface area (Å²) in [6.45, 7) is 2.25. The highest BCUT2D eigenvalue weighted by Gasteiger charge is 2.40. The van der Waals surface area contributed by atoms with Gasteiger partial charge in [0.1, 0.15) is 0 Å². The van der Waals surface area contributed by atoms with Crippen molar-refractivity contribution in [2.45, 2.75) is 24.7 Å². The van der Waals surface area contributed by atoms with Crippen molar-refractivity contribution in [1.29, 1.82) is 0 Å². The van der Waals surface area contributed by atoms with E-state index in [0.717, 1.165) is 31.5 Å². The Morgan fingerprint density at radius 1 is 1.33 bits per heavy atom. The van der Waals surface area contributed by atoms with Crippen LogP contribution in [0, 0.1) is 5.92 Å². The fraction of sp³-hybridized carbons (Fsp3) is 0.533. The van der Waals surface area contributed by atoms with Crippen molar-refractivity contribution in [1.82, 2.24) is 10.6 Å². The van der Waals surface area contributed by atoms with Gasteiger partial charge in [-0.3, -0.25) is 4.79 Å². The number of hydrogen-bond donors (Lipinski definition) is 2. The molecule has 1 amide bonds. The number of nitrogens with one attached hydrogen (secondary N) is 2.